The monoisotopic (exact) mass is 495 g/mol. The highest BCUT2D eigenvalue weighted by molar-refractivity contribution is 7.21. The molecule has 1 saturated heterocycles. The van der Waals surface area contributed by atoms with Crippen molar-refractivity contribution in [1.29, 1.82) is 0 Å². The lowest BCUT2D eigenvalue weighted by Gasteiger charge is -2.14. The van der Waals surface area contributed by atoms with Crippen LogP contribution >= 0.6 is 11.3 Å². The zero-order chi connectivity index (χ0) is 24.7. The number of nitrogens with two attached hydrogens (primary N) is 1. The Hall–Kier alpha value is -3.96. The van der Waals surface area contributed by atoms with Crippen LogP contribution in [0.2, 0.25) is 0 Å². The van der Waals surface area contributed by atoms with Gasteiger partial charge in [-0.15, -0.1) is 11.3 Å². The number of methoxy groups -OCH3 is 1. The lowest BCUT2D eigenvalue weighted by atomic mass is 10.1. The van der Waals surface area contributed by atoms with Crippen LogP contribution in [0.3, 0.4) is 0 Å². The van der Waals surface area contributed by atoms with Crippen LogP contribution in [0.1, 0.15) is 32.2 Å². The summed E-state index contributed by atoms with van der Waals surface area (Å²) in [7, 11) is 1.65. The Morgan fingerprint density at radius 1 is 1.23 bits per heavy atom. The van der Waals surface area contributed by atoms with Gasteiger partial charge in [-0.2, -0.15) is 0 Å². The van der Waals surface area contributed by atoms with Gasteiger partial charge in [-0.1, -0.05) is 0 Å². The van der Waals surface area contributed by atoms with Crippen molar-refractivity contribution < 1.29 is 33.0 Å². The molecule has 3 aromatic heterocycles. The molecule has 4 aromatic rings. The van der Waals surface area contributed by atoms with Crippen molar-refractivity contribution in [3.05, 3.63) is 52.7 Å². The third-order valence-electron chi connectivity index (χ3n) is 5.81. The number of hydrogen-bond donors (Lipinski definition) is 1. The predicted octanol–water partition coefficient (Wildman–Crippen LogP) is 4.24. The van der Waals surface area contributed by atoms with Crippen LogP contribution in [-0.2, 0) is 9.47 Å². The topological polar surface area (TPSA) is 134 Å². The molecule has 180 valence electrons. The first-order chi connectivity index (χ1) is 16.8. The Morgan fingerprint density at radius 3 is 2.80 bits per heavy atom. The van der Waals surface area contributed by atoms with Crippen LogP contribution in [-0.4, -0.2) is 54.2 Å². The molecule has 2 N–H and O–H groups in total. The van der Waals surface area contributed by atoms with E-state index in [4.69, 9.17) is 19.6 Å². The molecular weight excluding hydrogens is 474 g/mol. The van der Waals surface area contributed by atoms with Crippen LogP contribution in [0.15, 0.2) is 40.9 Å². The molecular formula is C24H21N3O7S. The molecule has 1 fully saturated rings. The van der Waals surface area contributed by atoms with E-state index in [1.165, 1.54) is 11.3 Å². The summed E-state index contributed by atoms with van der Waals surface area (Å²) in [5.74, 6) is 0.336. The van der Waals surface area contributed by atoms with Gasteiger partial charge in [0, 0.05) is 43.9 Å². The van der Waals surface area contributed by atoms with Gasteiger partial charge in [0.15, 0.2) is 0 Å². The number of likely N-dealkylation sites (tertiary alicyclic amines) is 1. The fourth-order valence-corrected chi connectivity index (χ4v) is 5.18. The zero-order valence-corrected chi connectivity index (χ0v) is 19.7. The number of carbonyl (C=O) groups excluding carboxylic acids is 3. The molecule has 2 amide bonds. The molecule has 0 spiro atoms. The van der Waals surface area contributed by atoms with Gasteiger partial charge in [-0.25, -0.2) is 9.59 Å². The number of pyridine rings is 1. The van der Waals surface area contributed by atoms with E-state index < -0.39 is 12.1 Å². The van der Waals surface area contributed by atoms with Crippen LogP contribution in [0.25, 0.3) is 21.2 Å². The molecule has 0 radical (unpaired) electrons. The third-order valence-corrected chi connectivity index (χ3v) is 6.94. The van der Waals surface area contributed by atoms with Crippen LogP contribution in [0.5, 0.6) is 11.5 Å². The average Bonchev–Trinajstić information content (AvgIpc) is 3.54. The summed E-state index contributed by atoms with van der Waals surface area (Å²) < 4.78 is 22.4. The number of hydrogen-bond acceptors (Lipinski definition) is 9. The van der Waals surface area contributed by atoms with Crippen LogP contribution in [0, 0.1) is 6.92 Å². The minimum absolute atomic E-state index is 0.0543. The van der Waals surface area contributed by atoms with Gasteiger partial charge < -0.3 is 29.3 Å². The predicted molar refractivity (Wildman–Crippen MR) is 127 cm³/mol. The lowest BCUT2D eigenvalue weighted by Crippen LogP contribution is -2.29. The Morgan fingerprint density at radius 2 is 2.06 bits per heavy atom. The largest absolute Gasteiger partial charge is 0.460 e. The molecule has 5 rings (SSSR count). The molecule has 0 bridgehead atoms. The summed E-state index contributed by atoms with van der Waals surface area (Å²) in [6, 6.07) is 8.42. The molecule has 4 heterocycles. The van der Waals surface area contributed by atoms with Gasteiger partial charge in [0.05, 0.1) is 21.2 Å². The number of nitrogens with zero attached hydrogens (tertiary/aromatic N) is 2. The van der Waals surface area contributed by atoms with E-state index in [9.17, 15) is 14.4 Å². The fourth-order valence-electron chi connectivity index (χ4n) is 4.15. The van der Waals surface area contributed by atoms with E-state index in [1.54, 1.807) is 55.5 Å². The Kier molecular flexibility index (Phi) is 5.87. The Balaban J connectivity index is 1.42. The quantitative estimate of drug-likeness (QED) is 0.321. The second-order valence-electron chi connectivity index (χ2n) is 8.03. The first kappa shape index (κ1) is 22.8. The van der Waals surface area contributed by atoms with Crippen molar-refractivity contribution in [2.75, 3.05) is 20.2 Å². The van der Waals surface area contributed by atoms with Gasteiger partial charge in [-0.05, 0) is 31.5 Å². The molecule has 1 aliphatic rings. The number of esters is 1. The number of thiophene rings is 1. The van der Waals surface area contributed by atoms with Crippen molar-refractivity contribution in [3.63, 3.8) is 0 Å². The maximum atomic E-state index is 13.0. The summed E-state index contributed by atoms with van der Waals surface area (Å²) in [5.41, 5.74) is 6.11. The first-order valence-electron chi connectivity index (χ1n) is 10.8. The average molecular weight is 496 g/mol. The van der Waals surface area contributed by atoms with Gasteiger partial charge >= 0.3 is 12.1 Å². The first-order valence-corrected chi connectivity index (χ1v) is 11.6. The molecule has 0 aliphatic carbocycles. The number of benzene rings is 1. The van der Waals surface area contributed by atoms with Gasteiger partial charge in [0.1, 0.15) is 28.4 Å². The number of carbonyl (C=O) groups is 3. The molecule has 1 atom stereocenters. The van der Waals surface area contributed by atoms with Gasteiger partial charge in [0.2, 0.25) is 0 Å². The van der Waals surface area contributed by atoms with Crippen molar-refractivity contribution in [3.8, 4) is 11.5 Å². The Labute approximate surface area is 203 Å². The normalized spacial score (nSPS) is 15.6. The van der Waals surface area contributed by atoms with Crippen LogP contribution < -0.4 is 10.5 Å². The van der Waals surface area contributed by atoms with Crippen LogP contribution in [0.4, 0.5) is 4.79 Å². The Bertz CT molecular complexity index is 1470. The molecule has 0 saturated carbocycles. The summed E-state index contributed by atoms with van der Waals surface area (Å²) >= 11 is 1.32. The minimum Gasteiger partial charge on any atom is -0.460 e. The SMILES string of the molecule is COC1CCN(C(=O)c2cc3nccc(Oc4ccc5c(C(=O)OC(N)=O)c(C)oc5c4)c3s2)C1. The van der Waals surface area contributed by atoms with Gasteiger partial charge in [-0.3, -0.25) is 9.78 Å². The number of fused-ring (bicyclic) bond motifs is 2. The smallest absolute Gasteiger partial charge is 0.412 e. The van der Waals surface area contributed by atoms with E-state index in [0.717, 1.165) is 11.1 Å². The second kappa shape index (κ2) is 9.01. The number of aromatic nitrogens is 1. The third kappa shape index (κ3) is 4.31. The highest BCUT2D eigenvalue weighted by atomic mass is 32.1. The molecule has 35 heavy (non-hydrogen) atoms. The van der Waals surface area contributed by atoms with Crippen molar-refractivity contribution >= 4 is 50.5 Å². The number of furan rings is 1. The molecule has 11 heteroatoms. The summed E-state index contributed by atoms with van der Waals surface area (Å²) in [6.45, 7) is 2.81. The molecule has 1 aliphatic heterocycles. The van der Waals surface area contributed by atoms with E-state index in [1.807, 2.05) is 0 Å². The van der Waals surface area contributed by atoms with E-state index in [0.29, 0.717) is 46.0 Å². The number of rotatable bonds is 5. The summed E-state index contributed by atoms with van der Waals surface area (Å²) in [6.07, 6.45) is 1.30. The maximum absolute atomic E-state index is 13.0. The van der Waals surface area contributed by atoms with E-state index >= 15 is 0 Å². The molecule has 10 nitrogen and oxygen atoms in total. The number of aryl methyl sites for hydroxylation is 1. The van der Waals surface area contributed by atoms with E-state index in [-0.39, 0.29) is 23.3 Å². The second-order valence-corrected chi connectivity index (χ2v) is 9.09. The highest BCUT2D eigenvalue weighted by Gasteiger charge is 2.28. The number of ether oxygens (including phenoxy) is 3. The molecule has 1 unspecified atom stereocenters. The summed E-state index contributed by atoms with van der Waals surface area (Å²) in [5, 5.41) is 0.463. The van der Waals surface area contributed by atoms with Crippen molar-refractivity contribution in [2.24, 2.45) is 5.73 Å². The highest BCUT2D eigenvalue weighted by Crippen LogP contribution is 2.37. The molecule has 1 aromatic carbocycles. The maximum Gasteiger partial charge on any atom is 0.412 e. The van der Waals surface area contributed by atoms with Crippen molar-refractivity contribution in [2.45, 2.75) is 19.4 Å². The number of amides is 2. The van der Waals surface area contributed by atoms with E-state index in [2.05, 4.69) is 9.72 Å². The lowest BCUT2D eigenvalue weighted by molar-refractivity contribution is 0.0637. The van der Waals surface area contributed by atoms with Gasteiger partial charge in [0.25, 0.3) is 5.91 Å². The number of primary amides is 1. The minimum atomic E-state index is -1.19. The standard InChI is InChI=1S/C24H21N3O7S/c1-12-20(23(29)34-24(25)30)15-4-3-13(9-18(15)32-12)33-17-5-7-26-16-10-19(35-21(16)17)22(28)27-8-6-14(11-27)31-2/h3-5,7,9-10,14H,6,8,11H2,1-2H3,(H2,25,30). The summed E-state index contributed by atoms with van der Waals surface area (Å²) in [4.78, 5) is 42.9. The van der Waals surface area contributed by atoms with Crippen molar-refractivity contribution in [1.82, 2.24) is 9.88 Å². The fraction of sp³-hybridized carbons (Fsp3) is 0.250. The zero-order valence-electron chi connectivity index (χ0n) is 18.9.